The van der Waals surface area contributed by atoms with Crippen molar-refractivity contribution in [2.24, 2.45) is 5.92 Å². The number of nitrogens with one attached hydrogen (secondary N) is 1. The average Bonchev–Trinajstić information content (AvgIpc) is 3.56. The molecule has 5 rings (SSSR count). The lowest BCUT2D eigenvalue weighted by atomic mass is 9.97. The fourth-order valence-electron chi connectivity index (χ4n) is 4.98. The minimum Gasteiger partial charge on any atom is -0.352 e. The van der Waals surface area contributed by atoms with Gasteiger partial charge in [-0.15, -0.1) is 11.3 Å². The summed E-state index contributed by atoms with van der Waals surface area (Å²) in [4.78, 5) is 23.3. The largest absolute Gasteiger partial charge is 0.352 e. The zero-order chi connectivity index (χ0) is 23.2. The number of carbonyl (C=O) groups is 1. The van der Waals surface area contributed by atoms with E-state index < -0.39 is 0 Å². The molecule has 4 heterocycles. The number of nitrogens with zero attached hydrogens (tertiary/aromatic N) is 4. The van der Waals surface area contributed by atoms with Crippen molar-refractivity contribution in [2.45, 2.75) is 51.7 Å². The highest BCUT2D eigenvalue weighted by molar-refractivity contribution is 7.13. The van der Waals surface area contributed by atoms with Crippen molar-refractivity contribution in [3.8, 4) is 10.7 Å². The first-order valence-corrected chi connectivity index (χ1v) is 13.3. The normalized spacial score (nSPS) is 19.8. The predicted molar refractivity (Wildman–Crippen MR) is 133 cm³/mol. The number of thiophene rings is 1. The molecule has 0 bridgehead atoms. The van der Waals surface area contributed by atoms with Gasteiger partial charge in [-0.25, -0.2) is 0 Å². The van der Waals surface area contributed by atoms with E-state index in [9.17, 15) is 4.79 Å². The van der Waals surface area contributed by atoms with Crippen LogP contribution in [0.5, 0.6) is 0 Å². The molecule has 1 unspecified atom stereocenters. The molecule has 1 N–H and O–H groups in total. The Morgan fingerprint density at radius 3 is 2.74 bits per heavy atom. The Bertz CT molecular complexity index is 1060. The van der Waals surface area contributed by atoms with Crippen LogP contribution in [0, 0.1) is 5.92 Å². The molecule has 0 aliphatic carbocycles. The number of rotatable bonds is 8. The average molecular weight is 480 g/mol. The maximum absolute atomic E-state index is 12.9. The maximum Gasteiger partial charge on any atom is 0.241 e. The molecule has 1 aromatic carbocycles. The monoisotopic (exact) mass is 479 g/mol. The Morgan fingerprint density at radius 2 is 1.88 bits per heavy atom. The molecule has 0 radical (unpaired) electrons. The number of benzene rings is 1. The van der Waals surface area contributed by atoms with E-state index in [1.807, 2.05) is 17.5 Å². The van der Waals surface area contributed by atoms with Crippen LogP contribution < -0.4 is 5.32 Å². The van der Waals surface area contributed by atoms with E-state index in [1.165, 1.54) is 43.5 Å². The Labute approximate surface area is 205 Å². The molecule has 3 aromatic rings. The van der Waals surface area contributed by atoms with Crippen LogP contribution in [0.1, 0.15) is 49.1 Å². The summed E-state index contributed by atoms with van der Waals surface area (Å²) in [6.07, 6.45) is 5.87. The molecule has 2 fully saturated rings. The van der Waals surface area contributed by atoms with Crippen molar-refractivity contribution < 1.29 is 9.32 Å². The molecule has 2 saturated heterocycles. The summed E-state index contributed by atoms with van der Waals surface area (Å²) in [6.45, 7) is 6.22. The molecule has 34 heavy (non-hydrogen) atoms. The van der Waals surface area contributed by atoms with Gasteiger partial charge in [0, 0.05) is 19.6 Å². The lowest BCUT2D eigenvalue weighted by Gasteiger charge is -2.30. The summed E-state index contributed by atoms with van der Waals surface area (Å²) in [5, 5.41) is 9.28. The molecular weight excluding hydrogens is 446 g/mol. The summed E-state index contributed by atoms with van der Waals surface area (Å²) in [5.74, 6) is 1.37. The Kier molecular flexibility index (Phi) is 7.68. The van der Waals surface area contributed by atoms with Crippen molar-refractivity contribution in [3.63, 3.8) is 0 Å². The van der Waals surface area contributed by atoms with E-state index in [2.05, 4.69) is 49.5 Å². The molecule has 180 valence electrons. The fourth-order valence-corrected chi connectivity index (χ4v) is 5.63. The van der Waals surface area contributed by atoms with Crippen molar-refractivity contribution in [2.75, 3.05) is 26.2 Å². The summed E-state index contributed by atoms with van der Waals surface area (Å²) >= 11 is 1.60. The second-order valence-corrected chi connectivity index (χ2v) is 10.4. The van der Waals surface area contributed by atoms with E-state index in [4.69, 9.17) is 4.52 Å². The van der Waals surface area contributed by atoms with E-state index in [-0.39, 0.29) is 11.8 Å². The molecule has 8 heteroatoms. The Hall–Kier alpha value is -2.55. The number of amides is 1. The lowest BCUT2D eigenvalue weighted by molar-refractivity contribution is -0.127. The molecule has 1 atom stereocenters. The van der Waals surface area contributed by atoms with Crippen LogP contribution in [0.15, 0.2) is 46.3 Å². The van der Waals surface area contributed by atoms with Crippen LogP contribution in [-0.4, -0.2) is 52.0 Å². The third kappa shape index (κ3) is 6.11. The minimum atomic E-state index is -0.00929. The quantitative estimate of drug-likeness (QED) is 0.519. The topological polar surface area (TPSA) is 74.5 Å². The predicted octanol–water partition coefficient (Wildman–Crippen LogP) is 4.31. The van der Waals surface area contributed by atoms with Crippen LogP contribution in [0.3, 0.4) is 0 Å². The SMILES string of the molecule is O=C(NCc1cccc(CN2CCCCC2)c1)C1CCCN(Cc2nc(-c3cccs3)no2)C1. The number of carbonyl (C=O) groups excluding carboxylic acids is 1. The van der Waals surface area contributed by atoms with Crippen LogP contribution >= 0.6 is 11.3 Å². The highest BCUT2D eigenvalue weighted by Gasteiger charge is 2.27. The molecule has 1 amide bonds. The van der Waals surface area contributed by atoms with Gasteiger partial charge in [0.1, 0.15) is 0 Å². The first-order chi connectivity index (χ1) is 16.7. The number of piperidine rings is 2. The summed E-state index contributed by atoms with van der Waals surface area (Å²) in [7, 11) is 0. The van der Waals surface area contributed by atoms with Gasteiger partial charge in [-0.1, -0.05) is 41.9 Å². The zero-order valence-corrected chi connectivity index (χ0v) is 20.4. The van der Waals surface area contributed by atoms with E-state index in [1.54, 1.807) is 11.3 Å². The second-order valence-electron chi connectivity index (χ2n) is 9.44. The minimum absolute atomic E-state index is 0.00929. The third-order valence-corrected chi connectivity index (χ3v) is 7.62. The van der Waals surface area contributed by atoms with E-state index >= 15 is 0 Å². The van der Waals surface area contributed by atoms with Crippen LogP contribution in [0.2, 0.25) is 0 Å². The summed E-state index contributed by atoms with van der Waals surface area (Å²) in [5.41, 5.74) is 2.50. The van der Waals surface area contributed by atoms with Gasteiger partial charge in [0.15, 0.2) is 0 Å². The molecule has 2 aliphatic heterocycles. The van der Waals surface area contributed by atoms with Gasteiger partial charge in [0.2, 0.25) is 17.6 Å². The highest BCUT2D eigenvalue weighted by Crippen LogP contribution is 2.23. The van der Waals surface area contributed by atoms with Crippen molar-refractivity contribution in [1.29, 1.82) is 0 Å². The standard InChI is InChI=1S/C26H33N5O2S/c32-26(27-16-20-7-4-8-21(15-20)17-30-11-2-1-3-12-30)22-9-5-13-31(18-22)19-24-28-25(29-33-24)23-10-6-14-34-23/h4,6-8,10,14-15,22H,1-3,5,9,11-13,16-19H2,(H,27,32). The maximum atomic E-state index is 12.9. The summed E-state index contributed by atoms with van der Waals surface area (Å²) < 4.78 is 5.46. The fraction of sp³-hybridized carbons (Fsp3) is 0.500. The molecule has 7 nitrogen and oxygen atoms in total. The van der Waals surface area contributed by atoms with Gasteiger partial charge < -0.3 is 9.84 Å². The van der Waals surface area contributed by atoms with Gasteiger partial charge in [0.05, 0.1) is 17.3 Å². The molecule has 0 saturated carbocycles. The summed E-state index contributed by atoms with van der Waals surface area (Å²) in [6, 6.07) is 12.6. The van der Waals surface area contributed by atoms with Crippen LogP contribution in [-0.2, 0) is 24.4 Å². The smallest absolute Gasteiger partial charge is 0.241 e. The first kappa shape index (κ1) is 23.2. The first-order valence-electron chi connectivity index (χ1n) is 12.4. The van der Waals surface area contributed by atoms with E-state index in [0.29, 0.717) is 24.8 Å². The van der Waals surface area contributed by atoms with Crippen molar-refractivity contribution >= 4 is 17.2 Å². The second kappa shape index (κ2) is 11.3. The zero-order valence-electron chi connectivity index (χ0n) is 19.6. The third-order valence-electron chi connectivity index (χ3n) is 6.76. The van der Waals surface area contributed by atoms with Crippen molar-refractivity contribution in [1.82, 2.24) is 25.3 Å². The van der Waals surface area contributed by atoms with Gasteiger partial charge in [0.25, 0.3) is 0 Å². The number of hydrogen-bond acceptors (Lipinski definition) is 7. The van der Waals surface area contributed by atoms with Crippen molar-refractivity contribution in [3.05, 3.63) is 58.8 Å². The molecule has 2 aromatic heterocycles. The van der Waals surface area contributed by atoms with Gasteiger partial charge in [-0.3, -0.25) is 14.6 Å². The van der Waals surface area contributed by atoms with Gasteiger partial charge in [-0.2, -0.15) is 4.98 Å². The highest BCUT2D eigenvalue weighted by atomic mass is 32.1. The Balaban J connectivity index is 1.11. The van der Waals surface area contributed by atoms with Crippen LogP contribution in [0.4, 0.5) is 0 Å². The Morgan fingerprint density at radius 1 is 1.03 bits per heavy atom. The van der Waals surface area contributed by atoms with Gasteiger partial charge in [-0.05, 0) is 67.9 Å². The number of aromatic nitrogens is 2. The molecule has 2 aliphatic rings. The number of hydrogen-bond donors (Lipinski definition) is 1. The molecule has 0 spiro atoms. The molecular formula is C26H33N5O2S. The lowest BCUT2D eigenvalue weighted by Crippen LogP contribution is -2.42. The van der Waals surface area contributed by atoms with Crippen LogP contribution in [0.25, 0.3) is 10.7 Å². The number of likely N-dealkylation sites (tertiary alicyclic amines) is 2. The van der Waals surface area contributed by atoms with Gasteiger partial charge >= 0.3 is 0 Å². The van der Waals surface area contributed by atoms with E-state index in [0.717, 1.165) is 37.4 Å².